The molecule has 0 saturated carbocycles. The van der Waals surface area contributed by atoms with E-state index >= 15 is 0 Å². The summed E-state index contributed by atoms with van der Waals surface area (Å²) in [6, 6.07) is 0.209. The topological polar surface area (TPSA) is 37.4 Å². The number of nitrogens with zero attached hydrogens (tertiary/aromatic N) is 1. The van der Waals surface area contributed by atoms with Crippen molar-refractivity contribution in [2.45, 2.75) is 45.6 Å². The molecule has 96 valence electrons. The van der Waals surface area contributed by atoms with Gasteiger partial charge in [-0.25, -0.2) is 8.42 Å². The van der Waals surface area contributed by atoms with E-state index in [0.717, 1.165) is 19.3 Å². The molecule has 0 aliphatic carbocycles. The van der Waals surface area contributed by atoms with Crippen LogP contribution in [0.1, 0.15) is 39.5 Å². The largest absolute Gasteiger partial charge is 0.214 e. The lowest BCUT2D eigenvalue weighted by Gasteiger charge is -2.26. The molecule has 1 rings (SSSR count). The summed E-state index contributed by atoms with van der Waals surface area (Å²) >= 11 is 5.56. The Labute approximate surface area is 104 Å². The highest BCUT2D eigenvalue weighted by atomic mass is 35.5. The van der Waals surface area contributed by atoms with Crippen LogP contribution in [0.3, 0.4) is 0 Å². The van der Waals surface area contributed by atoms with Crippen LogP contribution in [-0.2, 0) is 10.0 Å². The Morgan fingerprint density at radius 3 is 2.62 bits per heavy atom. The van der Waals surface area contributed by atoms with Crippen molar-refractivity contribution < 1.29 is 8.42 Å². The third kappa shape index (κ3) is 3.60. The molecule has 0 radical (unpaired) electrons. The molecule has 16 heavy (non-hydrogen) atoms. The molecule has 1 unspecified atom stereocenters. The summed E-state index contributed by atoms with van der Waals surface area (Å²) in [5.74, 6) is 1.21. The molecule has 1 atom stereocenters. The first-order valence-corrected chi connectivity index (χ1v) is 8.19. The maximum atomic E-state index is 12.1. The molecule has 1 fully saturated rings. The van der Waals surface area contributed by atoms with Crippen LogP contribution >= 0.6 is 11.6 Å². The van der Waals surface area contributed by atoms with Gasteiger partial charge in [0, 0.05) is 18.5 Å². The van der Waals surface area contributed by atoms with Gasteiger partial charge in [-0.3, -0.25) is 0 Å². The average Bonchev–Trinajstić information content (AvgIpc) is 2.66. The highest BCUT2D eigenvalue weighted by Gasteiger charge is 2.35. The zero-order valence-electron chi connectivity index (χ0n) is 10.2. The molecule has 3 nitrogen and oxygen atoms in total. The molecule has 0 amide bonds. The first-order valence-electron chi connectivity index (χ1n) is 6.04. The molecule has 1 aliphatic rings. The van der Waals surface area contributed by atoms with E-state index < -0.39 is 10.0 Å². The van der Waals surface area contributed by atoms with Crippen molar-refractivity contribution in [3.8, 4) is 0 Å². The number of rotatable bonds is 6. The number of unbranched alkanes of at least 4 members (excludes halogenated alkanes) is 1. The van der Waals surface area contributed by atoms with Crippen LogP contribution in [0.4, 0.5) is 0 Å². The summed E-state index contributed by atoms with van der Waals surface area (Å²) in [7, 11) is -3.05. The van der Waals surface area contributed by atoms with Gasteiger partial charge in [0.05, 0.1) is 5.75 Å². The molecule has 1 saturated heterocycles. The minimum Gasteiger partial charge on any atom is -0.212 e. The van der Waals surface area contributed by atoms with E-state index in [1.807, 2.05) is 0 Å². The molecular formula is C11H22ClNO2S. The normalized spacial score (nSPS) is 23.1. The van der Waals surface area contributed by atoms with Gasteiger partial charge in [0.25, 0.3) is 0 Å². The van der Waals surface area contributed by atoms with Crippen molar-refractivity contribution >= 4 is 21.6 Å². The maximum absolute atomic E-state index is 12.1. The van der Waals surface area contributed by atoms with Crippen molar-refractivity contribution in [3.05, 3.63) is 0 Å². The molecule has 0 aromatic heterocycles. The van der Waals surface area contributed by atoms with Crippen LogP contribution in [0.25, 0.3) is 0 Å². The predicted octanol–water partition coefficient (Wildman–Crippen LogP) is 2.46. The Kier molecular flexibility index (Phi) is 5.54. The van der Waals surface area contributed by atoms with Crippen LogP contribution in [-0.4, -0.2) is 36.9 Å². The van der Waals surface area contributed by atoms with E-state index in [4.69, 9.17) is 11.6 Å². The fourth-order valence-corrected chi connectivity index (χ4v) is 4.43. The van der Waals surface area contributed by atoms with E-state index in [0.29, 0.717) is 24.8 Å². The zero-order chi connectivity index (χ0) is 12.2. The Hall–Kier alpha value is 0.200. The number of hydrogen-bond donors (Lipinski definition) is 0. The minimum absolute atomic E-state index is 0.209. The van der Waals surface area contributed by atoms with E-state index in [2.05, 4.69) is 13.8 Å². The van der Waals surface area contributed by atoms with Gasteiger partial charge in [0.2, 0.25) is 10.0 Å². The Balaban J connectivity index is 2.60. The average molecular weight is 268 g/mol. The van der Waals surface area contributed by atoms with Crippen molar-refractivity contribution in [2.75, 3.05) is 18.2 Å². The predicted molar refractivity (Wildman–Crippen MR) is 68.3 cm³/mol. The van der Waals surface area contributed by atoms with Crippen molar-refractivity contribution in [3.63, 3.8) is 0 Å². The lowest BCUT2D eigenvalue weighted by atomic mass is 10.0. The molecule has 0 bridgehead atoms. The van der Waals surface area contributed by atoms with Gasteiger partial charge in [-0.15, -0.1) is 11.6 Å². The fraction of sp³-hybridized carbons (Fsp3) is 1.00. The summed E-state index contributed by atoms with van der Waals surface area (Å²) in [6.07, 6.45) is 3.46. The standard InChI is InChI=1S/C11H22ClNO2S/c1-10(2)11-6-5-8-13(11)16(14,15)9-4-3-7-12/h10-11H,3-9H2,1-2H3. The molecular weight excluding hydrogens is 246 g/mol. The van der Waals surface area contributed by atoms with Gasteiger partial charge in [-0.1, -0.05) is 13.8 Å². The summed E-state index contributed by atoms with van der Waals surface area (Å²) < 4.78 is 25.9. The number of hydrogen-bond acceptors (Lipinski definition) is 2. The second-order valence-electron chi connectivity index (χ2n) is 4.78. The number of sulfonamides is 1. The lowest BCUT2D eigenvalue weighted by molar-refractivity contribution is 0.315. The van der Waals surface area contributed by atoms with E-state index in [-0.39, 0.29) is 11.8 Å². The minimum atomic E-state index is -3.05. The molecule has 0 spiro atoms. The van der Waals surface area contributed by atoms with Gasteiger partial charge in [0.1, 0.15) is 0 Å². The van der Waals surface area contributed by atoms with Gasteiger partial charge in [0.15, 0.2) is 0 Å². The summed E-state index contributed by atoms with van der Waals surface area (Å²) in [6.45, 7) is 4.89. The molecule has 5 heteroatoms. The van der Waals surface area contributed by atoms with Crippen LogP contribution in [0, 0.1) is 5.92 Å². The fourth-order valence-electron chi connectivity index (χ4n) is 2.27. The molecule has 0 N–H and O–H groups in total. The second-order valence-corrected chi connectivity index (χ2v) is 7.20. The van der Waals surface area contributed by atoms with Crippen LogP contribution in [0.5, 0.6) is 0 Å². The van der Waals surface area contributed by atoms with E-state index in [1.54, 1.807) is 4.31 Å². The van der Waals surface area contributed by atoms with Crippen molar-refractivity contribution in [1.29, 1.82) is 0 Å². The first kappa shape index (κ1) is 14.3. The molecule has 0 aromatic carbocycles. The molecule has 0 aromatic rings. The smallest absolute Gasteiger partial charge is 0.212 e. The summed E-state index contributed by atoms with van der Waals surface area (Å²) in [5, 5.41) is 0. The molecule has 1 heterocycles. The first-order chi connectivity index (χ1) is 7.49. The maximum Gasteiger partial charge on any atom is 0.214 e. The Bertz CT molecular complexity index is 303. The highest BCUT2D eigenvalue weighted by Crippen LogP contribution is 2.27. The van der Waals surface area contributed by atoms with Gasteiger partial charge in [-0.05, 0) is 31.6 Å². The van der Waals surface area contributed by atoms with Gasteiger partial charge in [-0.2, -0.15) is 4.31 Å². The second kappa shape index (κ2) is 6.22. The van der Waals surface area contributed by atoms with E-state index in [9.17, 15) is 8.42 Å². The summed E-state index contributed by atoms with van der Waals surface area (Å²) in [4.78, 5) is 0. The number of alkyl halides is 1. The lowest BCUT2D eigenvalue weighted by Crippen LogP contribution is -2.39. The zero-order valence-corrected chi connectivity index (χ0v) is 11.7. The number of halogens is 1. The molecule has 1 aliphatic heterocycles. The van der Waals surface area contributed by atoms with Crippen molar-refractivity contribution in [2.24, 2.45) is 5.92 Å². The highest BCUT2D eigenvalue weighted by molar-refractivity contribution is 7.89. The van der Waals surface area contributed by atoms with Crippen LogP contribution in [0.15, 0.2) is 0 Å². The third-order valence-electron chi connectivity index (χ3n) is 3.16. The SMILES string of the molecule is CC(C)C1CCCN1S(=O)(=O)CCCCCl. The Morgan fingerprint density at radius 1 is 1.38 bits per heavy atom. The van der Waals surface area contributed by atoms with Gasteiger partial charge >= 0.3 is 0 Å². The summed E-state index contributed by atoms with van der Waals surface area (Å²) in [5.41, 5.74) is 0. The van der Waals surface area contributed by atoms with Crippen LogP contribution in [0.2, 0.25) is 0 Å². The van der Waals surface area contributed by atoms with Crippen LogP contribution < -0.4 is 0 Å². The monoisotopic (exact) mass is 267 g/mol. The van der Waals surface area contributed by atoms with Crippen molar-refractivity contribution in [1.82, 2.24) is 4.31 Å². The van der Waals surface area contributed by atoms with E-state index in [1.165, 1.54) is 0 Å². The third-order valence-corrected chi connectivity index (χ3v) is 5.40. The Morgan fingerprint density at radius 2 is 2.06 bits per heavy atom. The van der Waals surface area contributed by atoms with Gasteiger partial charge < -0.3 is 0 Å². The quantitative estimate of drug-likeness (QED) is 0.548.